The predicted octanol–water partition coefficient (Wildman–Crippen LogP) is 3.83. The molecule has 0 spiro atoms. The third-order valence-corrected chi connectivity index (χ3v) is 7.78. The fraction of sp³-hybridized carbons (Fsp3) is 0.417. The van der Waals surface area contributed by atoms with Crippen LogP contribution in [0.1, 0.15) is 36.6 Å². The normalized spacial score (nSPS) is 15.4. The summed E-state index contributed by atoms with van der Waals surface area (Å²) in [6.45, 7) is 2.21. The molecule has 1 aromatic heterocycles. The zero-order valence-electron chi connectivity index (χ0n) is 20.5. The number of hydrogen-bond donors (Lipinski definition) is 2. The van der Waals surface area contributed by atoms with Crippen molar-refractivity contribution in [2.45, 2.75) is 58.0 Å². The number of alkyl halides is 2. The van der Waals surface area contributed by atoms with Crippen molar-refractivity contribution in [3.05, 3.63) is 47.2 Å². The Morgan fingerprint density at radius 3 is 2.38 bits per heavy atom. The number of carbonyl (C=O) groups excluding carboxylic acids is 2. The number of amides is 2. The van der Waals surface area contributed by atoms with Gasteiger partial charge in [-0.2, -0.15) is 8.78 Å². The molecule has 1 atom stereocenters. The standard InChI is InChI=1S/C24H27F4N3O5Si/c1-37(2,3)22-15(25)11-13(12-16(22)26)29-23(35)21-14-7-8-18(36-24(27)28)30-17(14)9-10-31(21)19(32)5-4-6-20(33)34/h7-8,11-12,21,24H,4-6,9-10H2,1-3H3,(H,29,35)(H,33,34). The van der Waals surface area contributed by atoms with E-state index in [0.717, 1.165) is 18.2 Å². The summed E-state index contributed by atoms with van der Waals surface area (Å²) in [7, 11) is -2.36. The number of hydrogen-bond acceptors (Lipinski definition) is 5. The lowest BCUT2D eigenvalue weighted by atomic mass is 9.95. The fourth-order valence-electron chi connectivity index (χ4n) is 4.28. The van der Waals surface area contributed by atoms with Crippen LogP contribution >= 0.6 is 0 Å². The summed E-state index contributed by atoms with van der Waals surface area (Å²) in [5.41, 5.74) is 0.328. The molecule has 2 heterocycles. The number of aromatic nitrogens is 1. The molecule has 37 heavy (non-hydrogen) atoms. The largest absolute Gasteiger partial charge is 0.481 e. The van der Waals surface area contributed by atoms with Crippen LogP contribution in [0.4, 0.5) is 23.2 Å². The maximum atomic E-state index is 14.7. The van der Waals surface area contributed by atoms with E-state index in [1.165, 1.54) is 11.0 Å². The van der Waals surface area contributed by atoms with Gasteiger partial charge in [-0.1, -0.05) is 19.6 Å². The molecule has 2 amide bonds. The van der Waals surface area contributed by atoms with Crippen LogP contribution in [0.3, 0.4) is 0 Å². The van der Waals surface area contributed by atoms with E-state index in [4.69, 9.17) is 5.11 Å². The zero-order valence-corrected chi connectivity index (χ0v) is 21.5. The van der Waals surface area contributed by atoms with Gasteiger partial charge in [-0.25, -0.2) is 13.8 Å². The van der Waals surface area contributed by atoms with Gasteiger partial charge in [0.25, 0.3) is 5.91 Å². The third-order valence-electron chi connectivity index (χ3n) is 5.80. The Balaban J connectivity index is 1.94. The van der Waals surface area contributed by atoms with E-state index in [2.05, 4.69) is 15.0 Å². The first-order chi connectivity index (χ1) is 17.3. The summed E-state index contributed by atoms with van der Waals surface area (Å²) in [4.78, 5) is 42.4. The quantitative estimate of drug-likeness (QED) is 0.369. The Morgan fingerprint density at radius 2 is 1.81 bits per heavy atom. The van der Waals surface area contributed by atoms with E-state index in [1.807, 2.05) is 0 Å². The molecule has 8 nitrogen and oxygen atoms in total. The van der Waals surface area contributed by atoms with Crippen LogP contribution in [-0.2, 0) is 20.8 Å². The lowest BCUT2D eigenvalue weighted by molar-refractivity contribution is -0.140. The highest BCUT2D eigenvalue weighted by Crippen LogP contribution is 2.33. The van der Waals surface area contributed by atoms with Crippen molar-refractivity contribution in [1.29, 1.82) is 0 Å². The number of carboxylic acid groups (broad SMARTS) is 1. The third kappa shape index (κ3) is 6.84. The summed E-state index contributed by atoms with van der Waals surface area (Å²) in [5.74, 6) is -4.33. The zero-order chi connectivity index (χ0) is 27.5. The van der Waals surface area contributed by atoms with Crippen LogP contribution in [0, 0.1) is 11.6 Å². The summed E-state index contributed by atoms with van der Waals surface area (Å²) in [6, 6.07) is 3.18. The van der Waals surface area contributed by atoms with Crippen LogP contribution in [0.2, 0.25) is 19.6 Å². The number of halogens is 4. The lowest BCUT2D eigenvalue weighted by Gasteiger charge is -2.36. The number of nitrogens with one attached hydrogen (secondary N) is 1. The molecule has 1 aliphatic rings. The average molecular weight is 542 g/mol. The highest BCUT2D eigenvalue weighted by atomic mass is 28.3. The van der Waals surface area contributed by atoms with Gasteiger partial charge < -0.3 is 20.1 Å². The highest BCUT2D eigenvalue weighted by Gasteiger charge is 2.37. The number of aliphatic carboxylic acids is 1. The second-order valence-corrected chi connectivity index (χ2v) is 14.6. The second kappa shape index (κ2) is 11.3. The van der Waals surface area contributed by atoms with Crippen molar-refractivity contribution < 1.29 is 41.8 Å². The Hall–Kier alpha value is -3.48. The fourth-order valence-corrected chi connectivity index (χ4v) is 5.86. The first-order valence-electron chi connectivity index (χ1n) is 11.5. The number of ether oxygens (including phenoxy) is 1. The molecule has 0 saturated heterocycles. The van der Waals surface area contributed by atoms with Crippen LogP contribution in [0.15, 0.2) is 24.3 Å². The number of carbonyl (C=O) groups is 3. The molecule has 1 unspecified atom stereocenters. The van der Waals surface area contributed by atoms with Gasteiger partial charge >= 0.3 is 12.6 Å². The second-order valence-electron chi connectivity index (χ2n) is 9.61. The van der Waals surface area contributed by atoms with Gasteiger partial charge in [0.15, 0.2) is 0 Å². The monoisotopic (exact) mass is 541 g/mol. The minimum atomic E-state index is -3.11. The number of benzene rings is 1. The van der Waals surface area contributed by atoms with Crippen LogP contribution in [0.5, 0.6) is 5.88 Å². The number of carboxylic acids is 1. The van der Waals surface area contributed by atoms with Crippen molar-refractivity contribution in [3.8, 4) is 5.88 Å². The van der Waals surface area contributed by atoms with Crippen molar-refractivity contribution >= 4 is 36.7 Å². The summed E-state index contributed by atoms with van der Waals surface area (Å²) < 4.78 is 59.1. The van der Waals surface area contributed by atoms with E-state index in [-0.39, 0.29) is 60.2 Å². The molecule has 0 bridgehead atoms. The number of anilines is 1. The average Bonchev–Trinajstić information content (AvgIpc) is 2.75. The highest BCUT2D eigenvalue weighted by molar-refractivity contribution is 6.88. The van der Waals surface area contributed by atoms with E-state index in [0.29, 0.717) is 0 Å². The molecular weight excluding hydrogens is 514 g/mol. The van der Waals surface area contributed by atoms with E-state index < -0.39 is 50.1 Å². The number of nitrogens with zero attached hydrogens (tertiary/aromatic N) is 2. The minimum Gasteiger partial charge on any atom is -0.481 e. The molecule has 1 aromatic carbocycles. The predicted molar refractivity (Wildman–Crippen MR) is 128 cm³/mol. The van der Waals surface area contributed by atoms with Gasteiger partial charge in [0, 0.05) is 48.3 Å². The van der Waals surface area contributed by atoms with Gasteiger partial charge in [0.2, 0.25) is 11.8 Å². The Bertz CT molecular complexity index is 1180. The van der Waals surface area contributed by atoms with Gasteiger partial charge in [-0.3, -0.25) is 14.4 Å². The van der Waals surface area contributed by atoms with E-state index >= 15 is 0 Å². The summed E-state index contributed by atoms with van der Waals surface area (Å²) >= 11 is 0. The van der Waals surface area contributed by atoms with Crippen LogP contribution in [-0.4, -0.2) is 54.0 Å². The first-order valence-corrected chi connectivity index (χ1v) is 15.0. The van der Waals surface area contributed by atoms with Gasteiger partial charge in [0.05, 0.1) is 13.8 Å². The van der Waals surface area contributed by atoms with Crippen LogP contribution in [0.25, 0.3) is 0 Å². The molecule has 2 aromatic rings. The van der Waals surface area contributed by atoms with Crippen molar-refractivity contribution in [3.63, 3.8) is 0 Å². The number of fused-ring (bicyclic) bond motifs is 1. The van der Waals surface area contributed by atoms with Crippen molar-refractivity contribution in [1.82, 2.24) is 9.88 Å². The molecule has 0 aliphatic carbocycles. The Labute approximate surface area is 211 Å². The van der Waals surface area contributed by atoms with E-state index in [1.54, 1.807) is 19.6 Å². The Morgan fingerprint density at radius 1 is 1.16 bits per heavy atom. The van der Waals surface area contributed by atoms with E-state index in [9.17, 15) is 31.9 Å². The molecule has 13 heteroatoms. The molecule has 0 radical (unpaired) electrons. The Kier molecular flexibility index (Phi) is 8.56. The maximum Gasteiger partial charge on any atom is 0.388 e. The molecule has 3 rings (SSSR count). The SMILES string of the molecule is C[Si](C)(C)c1c(F)cc(NC(=O)C2c3ccc(OC(F)F)nc3CCN2C(=O)CCCC(=O)O)cc1F. The molecule has 2 N–H and O–H groups in total. The number of pyridine rings is 1. The minimum absolute atomic E-state index is 0.0143. The van der Waals surface area contributed by atoms with Crippen molar-refractivity contribution in [2.24, 2.45) is 0 Å². The molecule has 0 fully saturated rings. The summed E-state index contributed by atoms with van der Waals surface area (Å²) in [5, 5.41) is 11.3. The molecule has 200 valence electrons. The molecule has 1 aliphatic heterocycles. The van der Waals surface area contributed by atoms with Crippen LogP contribution < -0.4 is 15.2 Å². The van der Waals surface area contributed by atoms with Crippen molar-refractivity contribution in [2.75, 3.05) is 11.9 Å². The first kappa shape index (κ1) is 28.1. The molecular formula is C24H27F4N3O5Si. The lowest BCUT2D eigenvalue weighted by Crippen LogP contribution is -2.46. The van der Waals surface area contributed by atoms with Gasteiger partial charge in [-0.15, -0.1) is 0 Å². The number of rotatable bonds is 9. The van der Waals surface area contributed by atoms with Gasteiger partial charge in [-0.05, 0) is 24.6 Å². The topological polar surface area (TPSA) is 109 Å². The van der Waals surface area contributed by atoms with Gasteiger partial charge in [0.1, 0.15) is 17.7 Å². The maximum absolute atomic E-state index is 14.7. The molecule has 0 saturated carbocycles. The smallest absolute Gasteiger partial charge is 0.388 e. The summed E-state index contributed by atoms with van der Waals surface area (Å²) in [6.07, 6.45) is -0.233.